The van der Waals surface area contributed by atoms with Crippen molar-refractivity contribution in [2.45, 2.75) is 27.2 Å². The van der Waals surface area contributed by atoms with E-state index in [-0.39, 0.29) is 31.4 Å². The standard InChI is InChI=1S/C20H23ClN2O3/c1-13-7-8-16(11-14(13)2)26-10-9-19(24)22-12-20(25)23-18-6-4-5-17(21)15(18)3/h4-8,11H,9-10,12H2,1-3H3,(H,22,24)(H,23,25). The van der Waals surface area contributed by atoms with Crippen LogP contribution in [0.25, 0.3) is 0 Å². The second-order valence-electron chi connectivity index (χ2n) is 6.08. The van der Waals surface area contributed by atoms with E-state index in [2.05, 4.69) is 10.6 Å². The highest BCUT2D eigenvalue weighted by atomic mass is 35.5. The zero-order valence-corrected chi connectivity index (χ0v) is 15.9. The molecule has 138 valence electrons. The Bertz CT molecular complexity index is 806. The molecule has 5 nitrogen and oxygen atoms in total. The SMILES string of the molecule is Cc1ccc(OCCC(=O)NCC(=O)Nc2cccc(Cl)c2C)cc1C. The maximum atomic E-state index is 11.9. The Morgan fingerprint density at radius 3 is 2.54 bits per heavy atom. The van der Waals surface area contributed by atoms with Crippen molar-refractivity contribution >= 4 is 29.1 Å². The Morgan fingerprint density at radius 2 is 1.81 bits per heavy atom. The van der Waals surface area contributed by atoms with Gasteiger partial charge in [-0.2, -0.15) is 0 Å². The molecule has 0 spiro atoms. The summed E-state index contributed by atoms with van der Waals surface area (Å²) in [6.07, 6.45) is 0.177. The Hall–Kier alpha value is -2.53. The molecule has 0 saturated carbocycles. The van der Waals surface area contributed by atoms with E-state index in [1.807, 2.05) is 39.0 Å². The third-order valence-corrected chi connectivity index (χ3v) is 4.47. The number of halogens is 1. The second kappa shape index (κ2) is 9.25. The minimum Gasteiger partial charge on any atom is -0.493 e. The van der Waals surface area contributed by atoms with E-state index < -0.39 is 0 Å². The van der Waals surface area contributed by atoms with Gasteiger partial charge >= 0.3 is 0 Å². The van der Waals surface area contributed by atoms with Crippen LogP contribution < -0.4 is 15.4 Å². The van der Waals surface area contributed by atoms with E-state index >= 15 is 0 Å². The highest BCUT2D eigenvalue weighted by molar-refractivity contribution is 6.31. The van der Waals surface area contributed by atoms with Crippen molar-refractivity contribution in [1.29, 1.82) is 0 Å². The molecule has 0 bridgehead atoms. The fraction of sp³-hybridized carbons (Fsp3) is 0.300. The number of amides is 2. The van der Waals surface area contributed by atoms with Crippen LogP contribution in [0.15, 0.2) is 36.4 Å². The normalized spacial score (nSPS) is 10.3. The van der Waals surface area contributed by atoms with Crippen LogP contribution in [0.4, 0.5) is 5.69 Å². The largest absolute Gasteiger partial charge is 0.493 e. The van der Waals surface area contributed by atoms with Crippen molar-refractivity contribution in [2.75, 3.05) is 18.5 Å². The Morgan fingerprint density at radius 1 is 1.04 bits per heavy atom. The van der Waals surface area contributed by atoms with Gasteiger partial charge in [-0.05, 0) is 61.7 Å². The van der Waals surface area contributed by atoms with Crippen molar-refractivity contribution in [3.05, 3.63) is 58.1 Å². The van der Waals surface area contributed by atoms with Crippen molar-refractivity contribution in [2.24, 2.45) is 0 Å². The molecule has 2 aromatic rings. The Labute approximate surface area is 158 Å². The summed E-state index contributed by atoms with van der Waals surface area (Å²) in [5.74, 6) is 0.181. The van der Waals surface area contributed by atoms with Crippen LogP contribution in [0.1, 0.15) is 23.1 Å². The minimum absolute atomic E-state index is 0.103. The quantitative estimate of drug-likeness (QED) is 0.774. The van der Waals surface area contributed by atoms with E-state index in [9.17, 15) is 9.59 Å². The van der Waals surface area contributed by atoms with Crippen LogP contribution in [0.3, 0.4) is 0 Å². The number of rotatable bonds is 7. The van der Waals surface area contributed by atoms with Crippen LogP contribution in [0, 0.1) is 20.8 Å². The van der Waals surface area contributed by atoms with Gasteiger partial charge in [0.1, 0.15) is 5.75 Å². The van der Waals surface area contributed by atoms with Crippen LogP contribution in [0.5, 0.6) is 5.75 Å². The molecule has 0 fully saturated rings. The first-order valence-electron chi connectivity index (χ1n) is 8.38. The fourth-order valence-electron chi connectivity index (χ4n) is 2.27. The number of aryl methyl sites for hydroxylation is 2. The summed E-state index contributed by atoms with van der Waals surface area (Å²) in [6, 6.07) is 11.1. The van der Waals surface area contributed by atoms with Gasteiger partial charge in [-0.3, -0.25) is 9.59 Å². The Kier molecular flexibility index (Phi) is 7.04. The van der Waals surface area contributed by atoms with Gasteiger partial charge in [-0.1, -0.05) is 23.7 Å². The minimum atomic E-state index is -0.307. The van der Waals surface area contributed by atoms with Gasteiger partial charge < -0.3 is 15.4 Å². The molecule has 0 aliphatic rings. The van der Waals surface area contributed by atoms with Crippen LogP contribution >= 0.6 is 11.6 Å². The average Bonchev–Trinajstić information content (AvgIpc) is 2.60. The second-order valence-corrected chi connectivity index (χ2v) is 6.49. The molecule has 0 aromatic heterocycles. The van der Waals surface area contributed by atoms with Gasteiger partial charge in [-0.15, -0.1) is 0 Å². The summed E-state index contributed by atoms with van der Waals surface area (Å²) in [5, 5.41) is 5.89. The molecule has 0 atom stereocenters. The number of anilines is 1. The zero-order valence-electron chi connectivity index (χ0n) is 15.2. The number of carbonyl (C=O) groups excluding carboxylic acids is 2. The lowest BCUT2D eigenvalue weighted by Gasteiger charge is -2.11. The fourth-order valence-corrected chi connectivity index (χ4v) is 2.44. The molecule has 0 saturated heterocycles. The molecule has 6 heteroatoms. The first-order chi connectivity index (χ1) is 12.4. The van der Waals surface area contributed by atoms with Gasteiger partial charge in [0, 0.05) is 10.7 Å². The molecule has 0 unspecified atom stereocenters. The molecule has 0 heterocycles. The summed E-state index contributed by atoms with van der Waals surface area (Å²) < 4.78 is 5.57. The van der Waals surface area contributed by atoms with Crippen molar-refractivity contribution in [1.82, 2.24) is 5.32 Å². The highest BCUT2D eigenvalue weighted by Crippen LogP contribution is 2.22. The summed E-state index contributed by atoms with van der Waals surface area (Å²) in [7, 11) is 0. The molecular formula is C20H23ClN2O3. The molecule has 2 aromatic carbocycles. The molecule has 2 rings (SSSR count). The van der Waals surface area contributed by atoms with Crippen molar-refractivity contribution in [3.8, 4) is 5.75 Å². The summed E-state index contributed by atoms with van der Waals surface area (Å²) in [5.41, 5.74) is 3.75. The smallest absolute Gasteiger partial charge is 0.243 e. The van der Waals surface area contributed by atoms with Gasteiger partial charge in [0.15, 0.2) is 0 Å². The number of ether oxygens (including phenoxy) is 1. The summed E-state index contributed by atoms with van der Waals surface area (Å²) >= 11 is 6.02. The summed E-state index contributed by atoms with van der Waals surface area (Å²) in [4.78, 5) is 23.8. The molecule has 2 N–H and O–H groups in total. The van der Waals surface area contributed by atoms with Crippen LogP contribution in [-0.4, -0.2) is 25.0 Å². The van der Waals surface area contributed by atoms with Gasteiger partial charge in [0.25, 0.3) is 0 Å². The number of carbonyl (C=O) groups is 2. The molecular weight excluding hydrogens is 352 g/mol. The third-order valence-electron chi connectivity index (χ3n) is 4.06. The molecule has 0 aliphatic carbocycles. The number of benzene rings is 2. The van der Waals surface area contributed by atoms with E-state index in [1.54, 1.807) is 18.2 Å². The lowest BCUT2D eigenvalue weighted by Crippen LogP contribution is -2.33. The number of hydrogen-bond acceptors (Lipinski definition) is 3. The van der Waals surface area contributed by atoms with Crippen LogP contribution in [0.2, 0.25) is 5.02 Å². The monoisotopic (exact) mass is 374 g/mol. The van der Waals surface area contributed by atoms with E-state index in [4.69, 9.17) is 16.3 Å². The Balaban J connectivity index is 1.71. The topological polar surface area (TPSA) is 67.4 Å². The molecule has 2 amide bonds. The molecule has 0 aliphatic heterocycles. The summed E-state index contributed by atoms with van der Waals surface area (Å²) in [6.45, 7) is 6.01. The number of hydrogen-bond donors (Lipinski definition) is 2. The zero-order chi connectivity index (χ0) is 19.1. The van der Waals surface area contributed by atoms with E-state index in [1.165, 1.54) is 5.56 Å². The lowest BCUT2D eigenvalue weighted by molar-refractivity contribution is -0.124. The molecule has 0 radical (unpaired) electrons. The van der Waals surface area contributed by atoms with E-state index in [0.29, 0.717) is 10.7 Å². The van der Waals surface area contributed by atoms with E-state index in [0.717, 1.165) is 16.9 Å². The van der Waals surface area contributed by atoms with Gasteiger partial charge in [0.05, 0.1) is 19.6 Å². The third kappa shape index (κ3) is 5.77. The number of nitrogens with one attached hydrogen (secondary N) is 2. The van der Waals surface area contributed by atoms with Crippen molar-refractivity contribution < 1.29 is 14.3 Å². The van der Waals surface area contributed by atoms with Gasteiger partial charge in [-0.25, -0.2) is 0 Å². The maximum Gasteiger partial charge on any atom is 0.243 e. The predicted octanol–water partition coefficient (Wildman–Crippen LogP) is 3.79. The first kappa shape index (κ1) is 19.8. The lowest BCUT2D eigenvalue weighted by atomic mass is 10.1. The average molecular weight is 375 g/mol. The maximum absolute atomic E-state index is 11.9. The molecule has 26 heavy (non-hydrogen) atoms. The van der Waals surface area contributed by atoms with Gasteiger partial charge in [0.2, 0.25) is 11.8 Å². The van der Waals surface area contributed by atoms with Crippen molar-refractivity contribution in [3.63, 3.8) is 0 Å². The first-order valence-corrected chi connectivity index (χ1v) is 8.76. The predicted molar refractivity (Wildman–Crippen MR) is 104 cm³/mol. The van der Waals surface area contributed by atoms with Crippen LogP contribution in [-0.2, 0) is 9.59 Å². The highest BCUT2D eigenvalue weighted by Gasteiger charge is 2.09.